The van der Waals surface area contributed by atoms with Crippen LogP contribution in [0.1, 0.15) is 36.5 Å². The lowest BCUT2D eigenvalue weighted by Gasteiger charge is -2.25. The summed E-state index contributed by atoms with van der Waals surface area (Å²) < 4.78 is 28.3. The molecule has 7 nitrogen and oxygen atoms in total. The van der Waals surface area contributed by atoms with Crippen molar-refractivity contribution in [1.82, 2.24) is 4.31 Å². The second-order valence-electron chi connectivity index (χ2n) is 8.53. The normalized spacial score (nSPS) is 12.6. The summed E-state index contributed by atoms with van der Waals surface area (Å²) in [5.74, 6) is 0.282. The molecule has 0 radical (unpaired) electrons. The highest BCUT2D eigenvalue weighted by atomic mass is 32.2. The van der Waals surface area contributed by atoms with Crippen molar-refractivity contribution < 1.29 is 13.5 Å². The van der Waals surface area contributed by atoms with E-state index in [4.69, 9.17) is 11.1 Å². The number of nitrogens with one attached hydrogen (secondary N) is 2. The van der Waals surface area contributed by atoms with E-state index in [-0.39, 0.29) is 30.4 Å². The molecule has 180 valence electrons. The summed E-state index contributed by atoms with van der Waals surface area (Å²) in [7, 11) is -3.83. The molecule has 0 fully saturated rings. The zero-order valence-corrected chi connectivity index (χ0v) is 20.3. The lowest BCUT2D eigenvalue weighted by Crippen LogP contribution is -2.39. The predicted molar refractivity (Wildman–Crippen MR) is 137 cm³/mol. The Morgan fingerprint density at radius 3 is 2.18 bits per heavy atom. The Labute approximate surface area is 201 Å². The van der Waals surface area contributed by atoms with Crippen LogP contribution in [-0.2, 0) is 16.6 Å². The smallest absolute Gasteiger partial charge is 0.243 e. The van der Waals surface area contributed by atoms with E-state index in [9.17, 15) is 13.5 Å². The van der Waals surface area contributed by atoms with Gasteiger partial charge in [-0.05, 0) is 53.4 Å². The topological polar surface area (TPSA) is 120 Å². The van der Waals surface area contributed by atoms with Gasteiger partial charge >= 0.3 is 0 Å². The number of hydrogen-bond acceptors (Lipinski definition) is 5. The fourth-order valence-electron chi connectivity index (χ4n) is 3.51. The Kier molecular flexibility index (Phi) is 8.44. The van der Waals surface area contributed by atoms with Crippen LogP contribution in [0.2, 0.25) is 0 Å². The number of nitrogens with zero attached hydrogens (tertiary/aromatic N) is 1. The van der Waals surface area contributed by atoms with Crippen LogP contribution in [0.25, 0.3) is 0 Å². The first-order chi connectivity index (χ1) is 16.2. The van der Waals surface area contributed by atoms with Crippen molar-refractivity contribution in [2.75, 3.05) is 18.4 Å². The van der Waals surface area contributed by atoms with Crippen molar-refractivity contribution >= 4 is 21.5 Å². The van der Waals surface area contributed by atoms with Gasteiger partial charge < -0.3 is 16.2 Å². The average molecular weight is 481 g/mol. The summed E-state index contributed by atoms with van der Waals surface area (Å²) in [6.07, 6.45) is -0.944. The molecule has 0 aliphatic heterocycles. The maximum atomic E-state index is 13.5. The molecule has 0 heterocycles. The molecule has 0 saturated carbocycles. The van der Waals surface area contributed by atoms with Gasteiger partial charge in [-0.25, -0.2) is 8.42 Å². The van der Waals surface area contributed by atoms with Crippen LogP contribution in [-0.4, -0.2) is 42.9 Å². The van der Waals surface area contributed by atoms with Crippen LogP contribution in [0.3, 0.4) is 0 Å². The van der Waals surface area contributed by atoms with E-state index in [0.29, 0.717) is 11.5 Å². The average Bonchev–Trinajstić information content (AvgIpc) is 2.83. The lowest BCUT2D eigenvalue weighted by molar-refractivity contribution is 0.155. The quantitative estimate of drug-likeness (QED) is 0.246. The minimum absolute atomic E-state index is 0.0187. The number of benzene rings is 3. The third-order valence-electron chi connectivity index (χ3n) is 5.54. The third kappa shape index (κ3) is 6.66. The molecule has 0 spiro atoms. The van der Waals surface area contributed by atoms with E-state index in [2.05, 4.69) is 19.2 Å². The van der Waals surface area contributed by atoms with E-state index in [1.807, 2.05) is 42.5 Å². The van der Waals surface area contributed by atoms with Crippen molar-refractivity contribution in [2.45, 2.75) is 37.3 Å². The largest absolute Gasteiger partial charge is 0.390 e. The molecule has 0 aliphatic rings. The highest BCUT2D eigenvalue weighted by molar-refractivity contribution is 7.89. The number of aliphatic hydroxyl groups excluding tert-OH is 1. The molecule has 0 saturated heterocycles. The molecule has 34 heavy (non-hydrogen) atoms. The van der Waals surface area contributed by atoms with Gasteiger partial charge in [-0.15, -0.1) is 0 Å². The Morgan fingerprint density at radius 2 is 1.62 bits per heavy atom. The number of amidine groups is 1. The van der Waals surface area contributed by atoms with Crippen molar-refractivity contribution in [3.05, 3.63) is 95.6 Å². The monoisotopic (exact) mass is 480 g/mol. The second-order valence-corrected chi connectivity index (χ2v) is 10.5. The summed E-state index contributed by atoms with van der Waals surface area (Å²) in [6, 6.07) is 23.2. The number of rotatable bonds is 11. The Bertz CT molecular complexity index is 1180. The summed E-state index contributed by atoms with van der Waals surface area (Å²) in [5.41, 5.74) is 8.73. The zero-order valence-electron chi connectivity index (χ0n) is 19.5. The van der Waals surface area contributed by atoms with Gasteiger partial charge in [-0.1, -0.05) is 56.3 Å². The van der Waals surface area contributed by atoms with Gasteiger partial charge in [0.1, 0.15) is 5.84 Å². The van der Waals surface area contributed by atoms with Crippen LogP contribution < -0.4 is 11.1 Å². The highest BCUT2D eigenvalue weighted by Crippen LogP contribution is 2.22. The molecule has 1 atom stereocenters. The number of nitrogens with two attached hydrogens (primary N) is 1. The van der Waals surface area contributed by atoms with Gasteiger partial charge in [0, 0.05) is 30.9 Å². The van der Waals surface area contributed by atoms with Crippen molar-refractivity contribution in [2.24, 2.45) is 5.73 Å². The summed E-state index contributed by atoms with van der Waals surface area (Å²) in [6.45, 7) is 4.36. The zero-order chi connectivity index (χ0) is 24.7. The van der Waals surface area contributed by atoms with Crippen molar-refractivity contribution in [3.63, 3.8) is 0 Å². The van der Waals surface area contributed by atoms with Crippen LogP contribution in [0, 0.1) is 5.41 Å². The Balaban J connectivity index is 1.76. The van der Waals surface area contributed by atoms with Gasteiger partial charge in [0.05, 0.1) is 11.0 Å². The molecular formula is C26H32N4O3S. The second kappa shape index (κ2) is 11.3. The summed E-state index contributed by atoms with van der Waals surface area (Å²) in [4.78, 5) is 0.202. The van der Waals surface area contributed by atoms with Crippen LogP contribution >= 0.6 is 0 Å². The molecule has 1 unspecified atom stereocenters. The van der Waals surface area contributed by atoms with Crippen LogP contribution in [0.15, 0.2) is 83.8 Å². The predicted octanol–water partition coefficient (Wildman–Crippen LogP) is 3.76. The van der Waals surface area contributed by atoms with E-state index in [1.54, 1.807) is 36.4 Å². The molecule has 5 N–H and O–H groups in total. The van der Waals surface area contributed by atoms with Gasteiger partial charge in [-0.2, -0.15) is 4.31 Å². The Morgan fingerprint density at radius 1 is 1.00 bits per heavy atom. The molecular weight excluding hydrogens is 448 g/mol. The first-order valence-corrected chi connectivity index (χ1v) is 12.6. The minimum atomic E-state index is -3.83. The summed E-state index contributed by atoms with van der Waals surface area (Å²) >= 11 is 0. The van der Waals surface area contributed by atoms with Gasteiger partial charge in [0.25, 0.3) is 0 Å². The third-order valence-corrected chi connectivity index (χ3v) is 7.36. The highest BCUT2D eigenvalue weighted by Gasteiger charge is 2.27. The van der Waals surface area contributed by atoms with E-state index < -0.39 is 16.1 Å². The number of nitrogen functional groups attached to an aromatic ring is 1. The van der Waals surface area contributed by atoms with Crippen LogP contribution in [0.4, 0.5) is 5.69 Å². The molecule has 0 bridgehead atoms. The SMILES string of the molecule is CC(C)c1ccc(S(=O)(=O)N(Cc2ccccc2)CC(O)CNc2ccc(C(=N)N)cc2)cc1. The fourth-order valence-corrected chi connectivity index (χ4v) is 4.98. The van der Waals surface area contributed by atoms with E-state index in [0.717, 1.165) is 16.8 Å². The maximum absolute atomic E-state index is 13.5. The van der Waals surface area contributed by atoms with Crippen molar-refractivity contribution in [3.8, 4) is 0 Å². The van der Waals surface area contributed by atoms with E-state index in [1.165, 1.54) is 4.31 Å². The molecule has 8 heteroatoms. The molecule has 0 aromatic heterocycles. The van der Waals surface area contributed by atoms with Gasteiger partial charge in [0.15, 0.2) is 0 Å². The van der Waals surface area contributed by atoms with Crippen LogP contribution in [0.5, 0.6) is 0 Å². The van der Waals surface area contributed by atoms with Gasteiger partial charge in [-0.3, -0.25) is 5.41 Å². The first-order valence-electron chi connectivity index (χ1n) is 11.2. The Hall–Kier alpha value is -3.20. The maximum Gasteiger partial charge on any atom is 0.243 e. The number of anilines is 1. The first kappa shape index (κ1) is 25.4. The molecule has 3 aromatic rings. The molecule has 3 aromatic carbocycles. The number of hydrogen-bond donors (Lipinski definition) is 4. The minimum Gasteiger partial charge on any atom is -0.390 e. The lowest BCUT2D eigenvalue weighted by atomic mass is 10.0. The summed E-state index contributed by atoms with van der Waals surface area (Å²) in [5, 5.41) is 21.3. The van der Waals surface area contributed by atoms with Crippen molar-refractivity contribution in [1.29, 1.82) is 5.41 Å². The number of aliphatic hydroxyl groups is 1. The molecule has 0 amide bonds. The fraction of sp³-hybridized carbons (Fsp3) is 0.269. The van der Waals surface area contributed by atoms with E-state index >= 15 is 0 Å². The van der Waals surface area contributed by atoms with Gasteiger partial charge in [0.2, 0.25) is 10.0 Å². The number of sulfonamides is 1. The molecule has 0 aliphatic carbocycles. The molecule has 3 rings (SSSR count). The standard InChI is InChI=1S/C26H32N4O3S/c1-19(2)21-10-14-25(15-11-21)34(32,33)30(17-20-6-4-3-5-7-20)18-24(31)16-29-23-12-8-22(9-13-23)26(27)28/h3-15,19,24,29,31H,16-18H2,1-2H3,(H3,27,28).